The summed E-state index contributed by atoms with van der Waals surface area (Å²) in [6.45, 7) is 18.1. The van der Waals surface area contributed by atoms with Crippen LogP contribution in [0, 0.1) is 45.3 Å². The largest absolute Gasteiger partial charge is 0.478 e. The van der Waals surface area contributed by atoms with Crippen molar-refractivity contribution in [3.05, 3.63) is 23.3 Å². The number of hydrogen-bond acceptors (Lipinski definition) is 3. The Balaban J connectivity index is 1.58. The van der Waals surface area contributed by atoms with Crippen LogP contribution in [-0.2, 0) is 14.3 Å². The lowest BCUT2D eigenvalue weighted by molar-refractivity contribution is -0.205. The summed E-state index contributed by atoms with van der Waals surface area (Å²) in [5, 5.41) is 9.17. The van der Waals surface area contributed by atoms with Crippen molar-refractivity contribution >= 4 is 11.9 Å². The van der Waals surface area contributed by atoms with Crippen LogP contribution in [0.5, 0.6) is 0 Å². The average Bonchev–Trinajstić information content (AvgIpc) is 3.14. The van der Waals surface area contributed by atoms with E-state index in [9.17, 15) is 14.7 Å². The van der Waals surface area contributed by atoms with Crippen LogP contribution in [-0.4, -0.2) is 23.1 Å². The number of aliphatic carboxylic acids is 1. The second-order valence-electron chi connectivity index (χ2n) is 14.1. The second-order valence-corrected chi connectivity index (χ2v) is 14.1. The van der Waals surface area contributed by atoms with Gasteiger partial charge in [-0.2, -0.15) is 0 Å². The van der Waals surface area contributed by atoms with Crippen molar-refractivity contribution in [3.63, 3.8) is 0 Å². The van der Waals surface area contributed by atoms with Crippen LogP contribution in [0.2, 0.25) is 0 Å². The highest BCUT2D eigenvalue weighted by Gasteiger charge is 2.67. The topological polar surface area (TPSA) is 63.6 Å². The zero-order valence-electron chi connectivity index (χ0n) is 24.1. The standard InChI is InChI=1S/C32H50O4/c1-20(10-9-11-21(2)28(34)35)23-14-18-31(7)24(23)12-13-26-30(6)17-16-27(36-22(3)33)29(4,5)25(30)15-19-32(26,31)8/h11-12,20,23,25-27H,9-10,13-19H2,1-8H3,(H,34,35)/b21-11+/t20-,23-,25+,26+,27+,30+,31+,32+/m1/s1. The zero-order valence-corrected chi connectivity index (χ0v) is 24.1. The van der Waals surface area contributed by atoms with Gasteiger partial charge in [0.1, 0.15) is 6.10 Å². The first-order chi connectivity index (χ1) is 16.7. The predicted molar refractivity (Wildman–Crippen MR) is 144 cm³/mol. The maximum atomic E-state index is 11.8. The highest BCUT2D eigenvalue weighted by Crippen LogP contribution is 2.74. The molecule has 0 aromatic rings. The average molecular weight is 499 g/mol. The van der Waals surface area contributed by atoms with Crippen LogP contribution in [0.4, 0.5) is 0 Å². The molecule has 4 aliphatic carbocycles. The highest BCUT2D eigenvalue weighted by atomic mass is 16.5. The number of hydrogen-bond donors (Lipinski definition) is 1. The van der Waals surface area contributed by atoms with Crippen LogP contribution in [0.25, 0.3) is 0 Å². The summed E-state index contributed by atoms with van der Waals surface area (Å²) >= 11 is 0. The summed E-state index contributed by atoms with van der Waals surface area (Å²) < 4.78 is 5.86. The Bertz CT molecular complexity index is 959. The molecule has 4 nitrogen and oxygen atoms in total. The lowest BCUT2D eigenvalue weighted by Gasteiger charge is -2.68. The van der Waals surface area contributed by atoms with Gasteiger partial charge in [-0.3, -0.25) is 4.79 Å². The maximum Gasteiger partial charge on any atom is 0.330 e. The molecule has 0 saturated heterocycles. The van der Waals surface area contributed by atoms with E-state index in [2.05, 4.69) is 47.6 Å². The fourth-order valence-corrected chi connectivity index (χ4v) is 9.96. The van der Waals surface area contributed by atoms with E-state index in [0.29, 0.717) is 34.7 Å². The van der Waals surface area contributed by atoms with Gasteiger partial charge in [0.25, 0.3) is 0 Å². The molecule has 4 heteroatoms. The van der Waals surface area contributed by atoms with Gasteiger partial charge in [-0.25, -0.2) is 4.79 Å². The third-order valence-corrected chi connectivity index (χ3v) is 12.2. The van der Waals surface area contributed by atoms with E-state index < -0.39 is 5.97 Å². The van der Waals surface area contributed by atoms with Crippen molar-refractivity contribution in [3.8, 4) is 0 Å². The minimum Gasteiger partial charge on any atom is -0.478 e. The Morgan fingerprint density at radius 2 is 1.75 bits per heavy atom. The molecule has 3 fully saturated rings. The van der Waals surface area contributed by atoms with Crippen molar-refractivity contribution in [1.29, 1.82) is 0 Å². The molecule has 0 spiro atoms. The van der Waals surface area contributed by atoms with Crippen molar-refractivity contribution < 1.29 is 19.4 Å². The molecular formula is C32H50O4. The Morgan fingerprint density at radius 1 is 1.06 bits per heavy atom. The molecule has 0 radical (unpaired) electrons. The van der Waals surface area contributed by atoms with Crippen molar-refractivity contribution in [1.82, 2.24) is 0 Å². The summed E-state index contributed by atoms with van der Waals surface area (Å²) in [4.78, 5) is 23.0. The Labute approximate surface area is 219 Å². The molecule has 202 valence electrons. The zero-order chi connectivity index (χ0) is 26.7. The third-order valence-electron chi connectivity index (χ3n) is 12.2. The van der Waals surface area contributed by atoms with E-state index in [4.69, 9.17) is 4.74 Å². The van der Waals surface area contributed by atoms with E-state index in [1.165, 1.54) is 32.1 Å². The SMILES string of the molecule is CC(=O)O[C@H]1CC[C@@]2(C)[C@@H](CC[C@@]3(C)[C@H]2CC=C2[C@@H]([C@H](C)CC/C=C(\C)C(=O)O)CC[C@@]23C)C1(C)C. The summed E-state index contributed by atoms with van der Waals surface area (Å²) in [5.41, 5.74) is 2.97. The van der Waals surface area contributed by atoms with Crippen LogP contribution < -0.4 is 0 Å². The molecular weight excluding hydrogens is 448 g/mol. The molecule has 0 unspecified atom stereocenters. The summed E-state index contributed by atoms with van der Waals surface area (Å²) in [6, 6.07) is 0. The molecule has 0 aromatic carbocycles. The molecule has 0 bridgehead atoms. The van der Waals surface area contributed by atoms with Crippen molar-refractivity contribution in [2.75, 3.05) is 0 Å². The summed E-state index contributed by atoms with van der Waals surface area (Å²) in [6.07, 6.45) is 14.8. The molecule has 0 aliphatic heterocycles. The Morgan fingerprint density at radius 3 is 2.39 bits per heavy atom. The first-order valence-electron chi connectivity index (χ1n) is 14.5. The Kier molecular flexibility index (Phi) is 7.10. The van der Waals surface area contributed by atoms with Gasteiger partial charge in [0.2, 0.25) is 0 Å². The normalized spacial score (nSPS) is 42.4. The highest BCUT2D eigenvalue weighted by molar-refractivity contribution is 5.85. The van der Waals surface area contributed by atoms with Gasteiger partial charge >= 0.3 is 11.9 Å². The molecule has 8 atom stereocenters. The second kappa shape index (κ2) is 9.31. The molecule has 0 heterocycles. The fraction of sp³-hybridized carbons (Fsp3) is 0.812. The van der Waals surface area contributed by atoms with E-state index in [1.807, 2.05) is 6.08 Å². The number of esters is 1. The van der Waals surface area contributed by atoms with E-state index >= 15 is 0 Å². The fourth-order valence-electron chi connectivity index (χ4n) is 9.96. The quantitative estimate of drug-likeness (QED) is 0.229. The van der Waals surface area contributed by atoms with Crippen LogP contribution in [0.3, 0.4) is 0 Å². The number of carbonyl (C=O) groups is 2. The number of carboxylic acids is 1. The number of allylic oxidation sites excluding steroid dienone is 3. The molecule has 0 aromatic heterocycles. The van der Waals surface area contributed by atoms with Gasteiger partial charge in [0, 0.05) is 17.9 Å². The van der Waals surface area contributed by atoms with Gasteiger partial charge in [0.05, 0.1) is 0 Å². The number of carboxylic acid groups (broad SMARTS) is 1. The molecule has 3 saturated carbocycles. The number of fused-ring (bicyclic) bond motifs is 5. The minimum atomic E-state index is -0.806. The van der Waals surface area contributed by atoms with Gasteiger partial charge in [0.15, 0.2) is 0 Å². The van der Waals surface area contributed by atoms with E-state index in [1.54, 1.807) is 19.4 Å². The molecule has 36 heavy (non-hydrogen) atoms. The van der Waals surface area contributed by atoms with Crippen molar-refractivity contribution in [2.24, 2.45) is 45.3 Å². The molecule has 4 aliphatic rings. The smallest absolute Gasteiger partial charge is 0.330 e. The summed E-state index contributed by atoms with van der Waals surface area (Å²) in [7, 11) is 0. The number of carbonyl (C=O) groups excluding carboxylic acids is 1. The van der Waals surface area contributed by atoms with Crippen LogP contribution >= 0.6 is 0 Å². The predicted octanol–water partition coefficient (Wildman–Crippen LogP) is 7.97. The maximum absolute atomic E-state index is 11.8. The Hall–Kier alpha value is -1.58. The van der Waals surface area contributed by atoms with E-state index in [0.717, 1.165) is 25.7 Å². The first kappa shape index (κ1) is 27.5. The lowest BCUT2D eigenvalue weighted by atomic mass is 9.37. The number of ether oxygens (including phenoxy) is 1. The van der Waals surface area contributed by atoms with E-state index in [-0.39, 0.29) is 28.3 Å². The molecule has 1 N–H and O–H groups in total. The third kappa shape index (κ3) is 4.09. The lowest BCUT2D eigenvalue weighted by Crippen LogP contribution is -2.62. The van der Waals surface area contributed by atoms with Gasteiger partial charge in [-0.15, -0.1) is 0 Å². The minimum absolute atomic E-state index is 0.000772. The number of rotatable bonds is 6. The van der Waals surface area contributed by atoms with Gasteiger partial charge < -0.3 is 9.84 Å². The molecule has 4 rings (SSSR count). The molecule has 0 amide bonds. The van der Waals surface area contributed by atoms with Crippen molar-refractivity contribution in [2.45, 2.75) is 119 Å². The monoisotopic (exact) mass is 498 g/mol. The van der Waals surface area contributed by atoms with Crippen LogP contribution in [0.1, 0.15) is 113 Å². The van der Waals surface area contributed by atoms with Gasteiger partial charge in [-0.1, -0.05) is 59.3 Å². The first-order valence-corrected chi connectivity index (χ1v) is 14.5. The van der Waals surface area contributed by atoms with Crippen LogP contribution in [0.15, 0.2) is 23.3 Å². The van der Waals surface area contributed by atoms with Gasteiger partial charge in [-0.05, 0) is 105 Å². The summed E-state index contributed by atoms with van der Waals surface area (Å²) in [5.74, 6) is 1.47.